The molecule has 0 atom stereocenters. The lowest BCUT2D eigenvalue weighted by atomic mass is 9.77. The maximum absolute atomic E-state index is 4.63. The highest BCUT2D eigenvalue weighted by Crippen LogP contribution is 2.39. The highest BCUT2D eigenvalue weighted by molar-refractivity contribution is 7.11. The van der Waals surface area contributed by atoms with Crippen LogP contribution in [-0.4, -0.2) is 0 Å². The molecule has 2 heterocycles. The van der Waals surface area contributed by atoms with Crippen molar-refractivity contribution < 1.29 is 0 Å². The summed E-state index contributed by atoms with van der Waals surface area (Å²) in [5, 5.41) is 9.33. The van der Waals surface area contributed by atoms with Crippen LogP contribution in [0.1, 0.15) is 135 Å². The van der Waals surface area contributed by atoms with E-state index in [1.165, 1.54) is 75.2 Å². The topological polar surface area (TPSA) is 0 Å². The van der Waals surface area contributed by atoms with Crippen LogP contribution in [0.15, 0.2) is 82.6 Å². The van der Waals surface area contributed by atoms with Crippen LogP contribution < -0.4 is 20.9 Å². The lowest BCUT2D eigenvalue weighted by molar-refractivity contribution is 0.560. The van der Waals surface area contributed by atoms with Crippen LogP contribution in [0, 0.1) is 0 Å². The molecule has 0 bridgehead atoms. The first-order chi connectivity index (χ1) is 22.7. The van der Waals surface area contributed by atoms with Crippen LogP contribution in [0.2, 0.25) is 0 Å². The first kappa shape index (κ1) is 38.6. The summed E-state index contributed by atoms with van der Waals surface area (Å²) in [6, 6.07) is 18.6. The Morgan fingerprint density at radius 3 is 1.02 bits per heavy atom. The molecule has 1 aliphatic carbocycles. The second kappa shape index (κ2) is 14.2. The van der Waals surface area contributed by atoms with Crippen LogP contribution >= 0.6 is 22.7 Å². The lowest BCUT2D eigenvalue weighted by Gasteiger charge is -2.27. The van der Waals surface area contributed by atoms with Gasteiger partial charge in [-0.05, 0) is 130 Å². The summed E-state index contributed by atoms with van der Waals surface area (Å²) in [6.07, 6.45) is 5.65. The first-order valence-corrected chi connectivity index (χ1v) is 19.7. The van der Waals surface area contributed by atoms with Crippen molar-refractivity contribution in [2.45, 2.75) is 125 Å². The Hall–Kier alpha value is -3.20. The van der Waals surface area contributed by atoms with Crippen molar-refractivity contribution in [3.63, 3.8) is 0 Å². The van der Waals surface area contributed by atoms with E-state index in [2.05, 4.69) is 168 Å². The molecule has 0 nitrogen and oxygen atoms in total. The molecule has 260 valence electrons. The summed E-state index contributed by atoms with van der Waals surface area (Å²) in [5.41, 5.74) is 10.6. The van der Waals surface area contributed by atoms with Crippen LogP contribution in [0.5, 0.6) is 0 Å². The molecule has 5 rings (SSSR count). The van der Waals surface area contributed by atoms with E-state index in [1.807, 2.05) is 36.5 Å². The Morgan fingerprint density at radius 2 is 0.796 bits per heavy atom. The maximum atomic E-state index is 4.63. The minimum atomic E-state index is -0.0168. The number of allylic oxidation sites excluding steroid dienone is 4. The maximum Gasteiger partial charge on any atom is 0.0351 e. The summed E-state index contributed by atoms with van der Waals surface area (Å²) < 4.78 is 0. The lowest BCUT2D eigenvalue weighted by Crippen LogP contribution is -2.33. The van der Waals surface area contributed by atoms with Gasteiger partial charge < -0.3 is 0 Å². The van der Waals surface area contributed by atoms with Crippen molar-refractivity contribution in [1.82, 2.24) is 0 Å². The Morgan fingerprint density at radius 1 is 0.510 bits per heavy atom. The first-order valence-electron chi connectivity index (χ1n) is 17.9. The minimum absolute atomic E-state index is 0.0168. The normalized spacial score (nSPS) is 13.8. The molecule has 0 unspecified atom stereocenters. The Labute approximate surface area is 306 Å². The van der Waals surface area contributed by atoms with Gasteiger partial charge in [-0.25, -0.2) is 0 Å². The number of rotatable bonds is 4. The molecule has 0 amide bonds. The molecular formula is C47H60S2. The van der Waals surface area contributed by atoms with E-state index >= 15 is 0 Å². The zero-order valence-electron chi connectivity index (χ0n) is 32.9. The molecule has 0 spiro atoms. The number of hydrogen-bond acceptors (Lipinski definition) is 2. The van der Waals surface area contributed by atoms with Crippen LogP contribution in [-0.2, 0) is 21.7 Å². The summed E-state index contributed by atoms with van der Waals surface area (Å²) >= 11 is 3.66. The zero-order chi connectivity index (χ0) is 36.7. The third-order valence-electron chi connectivity index (χ3n) is 9.35. The summed E-state index contributed by atoms with van der Waals surface area (Å²) in [5.74, 6) is 0. The van der Waals surface area contributed by atoms with Gasteiger partial charge in [-0.3, -0.25) is 0 Å². The average molecular weight is 689 g/mol. The third-order valence-corrected chi connectivity index (χ3v) is 11.1. The number of thiophene rings is 2. The van der Waals surface area contributed by atoms with Gasteiger partial charge in [-0.1, -0.05) is 134 Å². The molecule has 2 heteroatoms. The Bertz CT molecular complexity index is 1850. The molecular weight excluding hydrogens is 629 g/mol. The number of hydrogen-bond donors (Lipinski definition) is 0. The highest BCUT2D eigenvalue weighted by Gasteiger charge is 2.26. The van der Waals surface area contributed by atoms with E-state index in [-0.39, 0.29) is 21.7 Å². The summed E-state index contributed by atoms with van der Waals surface area (Å²) in [6.45, 7) is 41.0. The van der Waals surface area contributed by atoms with Gasteiger partial charge in [0.25, 0.3) is 0 Å². The molecule has 1 aliphatic rings. The van der Waals surface area contributed by atoms with Crippen molar-refractivity contribution in [2.24, 2.45) is 0 Å². The molecule has 0 saturated carbocycles. The molecule has 0 aliphatic heterocycles. The quantitative estimate of drug-likeness (QED) is 0.200. The average Bonchev–Trinajstić information content (AvgIpc) is 3.78. The van der Waals surface area contributed by atoms with Gasteiger partial charge in [0.1, 0.15) is 0 Å². The van der Waals surface area contributed by atoms with Crippen molar-refractivity contribution in [3.8, 4) is 0 Å². The van der Waals surface area contributed by atoms with Gasteiger partial charge in [-0.2, -0.15) is 0 Å². The van der Waals surface area contributed by atoms with Crippen LogP contribution in [0.4, 0.5) is 0 Å². The fraction of sp³-hybridized carbons (Fsp3) is 0.404. The van der Waals surface area contributed by atoms with Crippen LogP contribution in [0.3, 0.4) is 0 Å². The smallest absolute Gasteiger partial charge is 0.0351 e. The third kappa shape index (κ3) is 8.24. The van der Waals surface area contributed by atoms with Gasteiger partial charge in [-0.15, -0.1) is 22.7 Å². The predicted octanol–water partition coefficient (Wildman–Crippen LogP) is 11.2. The van der Waals surface area contributed by atoms with Gasteiger partial charge in [0.05, 0.1) is 0 Å². The largest absolute Gasteiger partial charge is 0.144 e. The van der Waals surface area contributed by atoms with E-state index < -0.39 is 0 Å². The molecule has 49 heavy (non-hydrogen) atoms. The molecule has 0 saturated heterocycles. The highest BCUT2D eigenvalue weighted by atomic mass is 32.1. The molecule has 0 radical (unpaired) electrons. The molecule has 0 fully saturated rings. The van der Waals surface area contributed by atoms with Crippen molar-refractivity contribution in [1.29, 1.82) is 0 Å². The summed E-state index contributed by atoms with van der Waals surface area (Å²) in [4.78, 5) is 2.62. The monoisotopic (exact) mass is 688 g/mol. The van der Waals surface area contributed by atoms with E-state index in [4.69, 9.17) is 0 Å². The Balaban J connectivity index is 0.00000265. The summed E-state index contributed by atoms with van der Waals surface area (Å²) in [7, 11) is 0. The SMILES string of the molecule is C=c1c(C(C)(C)C)cc(=C(C2=CC=C(C(c3cccs3)=c3cc(C(C)(C)C)c(=C)c(C(C)(C)C)c3)C2)c2cccs2)cc1C(C)(C)C.CC. The van der Waals surface area contributed by atoms with Crippen molar-refractivity contribution in [3.05, 3.63) is 135 Å². The van der Waals surface area contributed by atoms with Crippen molar-refractivity contribution >= 4 is 47.0 Å². The number of benzene rings is 2. The second-order valence-electron chi connectivity index (χ2n) is 17.4. The minimum Gasteiger partial charge on any atom is -0.144 e. The van der Waals surface area contributed by atoms with Gasteiger partial charge >= 0.3 is 0 Å². The van der Waals surface area contributed by atoms with E-state index in [1.54, 1.807) is 0 Å². The van der Waals surface area contributed by atoms with Gasteiger partial charge in [0.15, 0.2) is 0 Å². The predicted molar refractivity (Wildman–Crippen MR) is 223 cm³/mol. The fourth-order valence-corrected chi connectivity index (χ4v) is 8.65. The van der Waals surface area contributed by atoms with Gasteiger partial charge in [0, 0.05) is 20.9 Å². The Kier molecular flexibility index (Phi) is 11.2. The van der Waals surface area contributed by atoms with Gasteiger partial charge in [0.2, 0.25) is 0 Å². The molecule has 4 aromatic rings. The van der Waals surface area contributed by atoms with Crippen LogP contribution in [0.25, 0.3) is 24.3 Å². The standard InChI is InChI=1S/C45H54S2.C2H6/c1-28-34(42(3,4)5)24-32(25-35(28)43(6,7)8)40(38-17-15-21-46-38)30-19-20-31(23-30)41(39-18-16-22-47-39)33-26-36(44(9,10)11)29(2)37(27-33)45(12,13)14;1-2/h15-22,24-27H,1-2,23H2,3-14H3;1-2H3. The van der Waals surface area contributed by atoms with E-state index in [9.17, 15) is 0 Å². The zero-order valence-corrected chi connectivity index (χ0v) is 34.5. The van der Waals surface area contributed by atoms with Crippen molar-refractivity contribution in [2.75, 3.05) is 0 Å². The second-order valence-corrected chi connectivity index (χ2v) is 19.3. The molecule has 2 aromatic carbocycles. The fourth-order valence-electron chi connectivity index (χ4n) is 6.99. The van der Waals surface area contributed by atoms with E-state index in [0.717, 1.165) is 6.42 Å². The van der Waals surface area contributed by atoms with E-state index in [0.29, 0.717) is 0 Å². The molecule has 2 aromatic heterocycles. The molecule has 0 N–H and O–H groups in total.